The number of hydrogen-bond acceptors (Lipinski definition) is 2. The Morgan fingerprint density at radius 2 is 1.71 bits per heavy atom. The molecule has 1 amide bonds. The third-order valence-electron chi connectivity index (χ3n) is 4.53. The number of carbonyl (C=O) groups is 1. The number of para-hydroxylation sites is 3. The van der Waals surface area contributed by atoms with Crippen LogP contribution in [-0.4, -0.2) is 27.4 Å². The zero-order chi connectivity index (χ0) is 19.7. The van der Waals surface area contributed by atoms with E-state index in [0.717, 1.165) is 22.5 Å². The molecule has 0 saturated carbocycles. The van der Waals surface area contributed by atoms with Gasteiger partial charge in [0.05, 0.1) is 28.2 Å². The van der Waals surface area contributed by atoms with Crippen molar-refractivity contribution in [2.24, 2.45) is 0 Å². The first-order chi connectivity index (χ1) is 13.5. The van der Waals surface area contributed by atoms with E-state index in [-0.39, 0.29) is 5.91 Å². The highest BCUT2D eigenvalue weighted by molar-refractivity contribution is 6.35. The van der Waals surface area contributed by atoms with E-state index in [0.29, 0.717) is 22.2 Å². The minimum Gasteiger partial charge on any atom is -0.334 e. The first-order valence-electron chi connectivity index (χ1n) is 8.77. The third-order valence-corrected chi connectivity index (χ3v) is 5.09. The summed E-state index contributed by atoms with van der Waals surface area (Å²) in [6, 6.07) is 22.8. The first kappa shape index (κ1) is 18.5. The summed E-state index contributed by atoms with van der Waals surface area (Å²) in [6.07, 6.45) is 0. The van der Waals surface area contributed by atoms with Crippen LogP contribution >= 0.6 is 23.2 Å². The molecule has 1 aromatic heterocycles. The SMILES string of the molecule is CN(Cc1nc2ccccc2n1-c1ccccc1)C(=O)c1cc(Cl)ccc1Cl. The maximum atomic E-state index is 12.9. The average molecular weight is 410 g/mol. The summed E-state index contributed by atoms with van der Waals surface area (Å²) in [4.78, 5) is 19.3. The zero-order valence-corrected chi connectivity index (χ0v) is 16.7. The van der Waals surface area contributed by atoms with Crippen LogP contribution in [-0.2, 0) is 6.54 Å². The van der Waals surface area contributed by atoms with E-state index in [4.69, 9.17) is 28.2 Å². The molecule has 0 N–H and O–H groups in total. The Hall–Kier alpha value is -2.82. The molecule has 4 nitrogen and oxygen atoms in total. The molecule has 0 unspecified atom stereocenters. The number of nitrogens with zero attached hydrogens (tertiary/aromatic N) is 3. The summed E-state index contributed by atoms with van der Waals surface area (Å²) in [5, 5.41) is 0.843. The zero-order valence-electron chi connectivity index (χ0n) is 15.1. The van der Waals surface area contributed by atoms with Crippen LogP contribution in [0, 0.1) is 0 Å². The minimum atomic E-state index is -0.209. The number of rotatable bonds is 4. The lowest BCUT2D eigenvalue weighted by atomic mass is 10.2. The summed E-state index contributed by atoms with van der Waals surface area (Å²) < 4.78 is 2.07. The Morgan fingerprint density at radius 1 is 1.00 bits per heavy atom. The second kappa shape index (κ2) is 7.66. The van der Waals surface area contributed by atoms with Gasteiger partial charge in [-0.3, -0.25) is 9.36 Å². The van der Waals surface area contributed by atoms with Crippen molar-refractivity contribution in [3.05, 3.63) is 94.2 Å². The Balaban J connectivity index is 1.73. The Bertz CT molecular complexity index is 1160. The van der Waals surface area contributed by atoms with Gasteiger partial charge in [-0.25, -0.2) is 4.98 Å². The molecule has 0 aliphatic heterocycles. The summed E-state index contributed by atoms with van der Waals surface area (Å²) in [7, 11) is 1.73. The minimum absolute atomic E-state index is 0.209. The van der Waals surface area contributed by atoms with Crippen LogP contribution in [0.4, 0.5) is 0 Å². The van der Waals surface area contributed by atoms with E-state index in [1.807, 2.05) is 54.6 Å². The molecule has 6 heteroatoms. The van der Waals surface area contributed by atoms with E-state index in [1.165, 1.54) is 0 Å². The molecule has 0 radical (unpaired) electrons. The molecule has 4 aromatic rings. The molecular formula is C22H17Cl2N3O. The van der Waals surface area contributed by atoms with Crippen LogP contribution in [0.25, 0.3) is 16.7 Å². The van der Waals surface area contributed by atoms with Crippen molar-refractivity contribution >= 4 is 40.1 Å². The number of carbonyl (C=O) groups excluding carboxylic acids is 1. The maximum absolute atomic E-state index is 12.9. The highest BCUT2D eigenvalue weighted by Gasteiger charge is 2.19. The number of fused-ring (bicyclic) bond motifs is 1. The quantitative estimate of drug-likeness (QED) is 0.439. The standard InChI is InChI=1S/C22H17Cl2N3O/c1-26(22(28)17-13-15(23)11-12-18(17)24)14-21-25-19-9-5-6-10-20(19)27(21)16-7-3-2-4-8-16/h2-13H,14H2,1H3. The predicted molar refractivity (Wildman–Crippen MR) is 113 cm³/mol. The molecule has 0 fully saturated rings. The van der Waals surface area contributed by atoms with Crippen LogP contribution in [0.5, 0.6) is 0 Å². The van der Waals surface area contributed by atoms with Crippen LogP contribution < -0.4 is 0 Å². The van der Waals surface area contributed by atoms with Gasteiger partial charge >= 0.3 is 0 Å². The van der Waals surface area contributed by atoms with Gasteiger partial charge in [-0.15, -0.1) is 0 Å². The molecular weight excluding hydrogens is 393 g/mol. The third kappa shape index (κ3) is 3.49. The second-order valence-corrected chi connectivity index (χ2v) is 7.32. The van der Waals surface area contributed by atoms with Crippen LogP contribution in [0.15, 0.2) is 72.8 Å². The maximum Gasteiger partial charge on any atom is 0.255 e. The molecule has 0 spiro atoms. The lowest BCUT2D eigenvalue weighted by Crippen LogP contribution is -2.28. The fourth-order valence-electron chi connectivity index (χ4n) is 3.20. The normalized spacial score (nSPS) is 11.0. The summed E-state index contributed by atoms with van der Waals surface area (Å²) in [5.41, 5.74) is 3.24. The van der Waals surface area contributed by atoms with Gasteiger partial charge in [0.1, 0.15) is 5.82 Å². The van der Waals surface area contributed by atoms with Crippen molar-refractivity contribution in [3.8, 4) is 5.69 Å². The van der Waals surface area contributed by atoms with Gasteiger partial charge in [-0.05, 0) is 42.5 Å². The van der Waals surface area contributed by atoms with E-state index >= 15 is 0 Å². The molecule has 140 valence electrons. The van der Waals surface area contributed by atoms with Gasteiger partial charge in [0.2, 0.25) is 0 Å². The first-order valence-corrected chi connectivity index (χ1v) is 9.52. The lowest BCUT2D eigenvalue weighted by Gasteiger charge is -2.19. The molecule has 0 saturated heterocycles. The van der Waals surface area contributed by atoms with Gasteiger partial charge in [-0.2, -0.15) is 0 Å². The second-order valence-electron chi connectivity index (χ2n) is 6.47. The lowest BCUT2D eigenvalue weighted by molar-refractivity contribution is 0.0781. The van der Waals surface area contributed by atoms with Gasteiger partial charge < -0.3 is 4.90 Å². The van der Waals surface area contributed by atoms with Gasteiger partial charge in [0.15, 0.2) is 0 Å². The van der Waals surface area contributed by atoms with Crippen molar-refractivity contribution in [3.63, 3.8) is 0 Å². The molecule has 0 aliphatic rings. The number of aromatic nitrogens is 2. The average Bonchev–Trinajstić information content (AvgIpc) is 3.07. The number of imidazole rings is 1. The Kier molecular flexibility index (Phi) is 5.07. The summed E-state index contributed by atoms with van der Waals surface area (Å²) in [6.45, 7) is 0.325. The number of amides is 1. The van der Waals surface area contributed by atoms with Gasteiger partial charge in [-0.1, -0.05) is 53.5 Å². The topological polar surface area (TPSA) is 38.1 Å². The van der Waals surface area contributed by atoms with E-state index in [2.05, 4.69) is 4.57 Å². The van der Waals surface area contributed by atoms with Gasteiger partial charge in [0.25, 0.3) is 5.91 Å². The van der Waals surface area contributed by atoms with Crippen molar-refractivity contribution < 1.29 is 4.79 Å². The predicted octanol–water partition coefficient (Wildman–Crippen LogP) is 5.60. The van der Waals surface area contributed by atoms with Crippen molar-refractivity contribution in [2.75, 3.05) is 7.05 Å². The largest absolute Gasteiger partial charge is 0.334 e. The van der Waals surface area contributed by atoms with Crippen LogP contribution in [0.1, 0.15) is 16.2 Å². The molecule has 0 atom stereocenters. The van der Waals surface area contributed by atoms with Gasteiger partial charge in [0, 0.05) is 17.8 Å². The van der Waals surface area contributed by atoms with Crippen molar-refractivity contribution in [2.45, 2.75) is 6.54 Å². The number of hydrogen-bond donors (Lipinski definition) is 0. The highest BCUT2D eigenvalue weighted by Crippen LogP contribution is 2.25. The van der Waals surface area contributed by atoms with Crippen molar-refractivity contribution in [1.82, 2.24) is 14.5 Å². The van der Waals surface area contributed by atoms with E-state index < -0.39 is 0 Å². The fourth-order valence-corrected chi connectivity index (χ4v) is 3.57. The van der Waals surface area contributed by atoms with Crippen LogP contribution in [0.2, 0.25) is 10.0 Å². The van der Waals surface area contributed by atoms with E-state index in [9.17, 15) is 4.79 Å². The molecule has 1 heterocycles. The summed E-state index contributed by atoms with van der Waals surface area (Å²) in [5.74, 6) is 0.556. The smallest absolute Gasteiger partial charge is 0.255 e. The molecule has 4 rings (SSSR count). The monoisotopic (exact) mass is 409 g/mol. The summed E-state index contributed by atoms with van der Waals surface area (Å²) >= 11 is 12.2. The number of halogens is 2. The van der Waals surface area contributed by atoms with Crippen LogP contribution in [0.3, 0.4) is 0 Å². The van der Waals surface area contributed by atoms with Crippen molar-refractivity contribution in [1.29, 1.82) is 0 Å². The molecule has 0 bridgehead atoms. The Morgan fingerprint density at radius 3 is 2.50 bits per heavy atom. The molecule has 28 heavy (non-hydrogen) atoms. The highest BCUT2D eigenvalue weighted by atomic mass is 35.5. The molecule has 0 aliphatic carbocycles. The van der Waals surface area contributed by atoms with E-state index in [1.54, 1.807) is 30.1 Å². The Labute approximate surface area is 172 Å². The number of benzene rings is 3. The molecule has 3 aromatic carbocycles. The fraction of sp³-hybridized carbons (Fsp3) is 0.0909.